The zero-order valence-electron chi connectivity index (χ0n) is 11.8. The van der Waals surface area contributed by atoms with E-state index in [0.717, 1.165) is 32.1 Å². The number of hydrogen-bond acceptors (Lipinski definition) is 3. The van der Waals surface area contributed by atoms with Gasteiger partial charge in [-0.1, -0.05) is 19.8 Å². The highest BCUT2D eigenvalue weighted by Gasteiger charge is 2.36. The minimum absolute atomic E-state index is 0.0732. The standard InChI is InChI=1S/C12H27N3O2S/c1-4-5-9-14(2)18(16,17)15(3)12-8-6-7-11(12)10-13/h11-12H,4-10,13H2,1-3H3. The highest BCUT2D eigenvalue weighted by Crippen LogP contribution is 2.30. The van der Waals surface area contributed by atoms with Crippen LogP contribution in [0.3, 0.4) is 0 Å². The van der Waals surface area contributed by atoms with Crippen LogP contribution in [0.5, 0.6) is 0 Å². The molecule has 5 nitrogen and oxygen atoms in total. The fourth-order valence-electron chi connectivity index (χ4n) is 2.66. The van der Waals surface area contributed by atoms with Crippen LogP contribution in [0.25, 0.3) is 0 Å². The summed E-state index contributed by atoms with van der Waals surface area (Å²) in [5.41, 5.74) is 5.73. The summed E-state index contributed by atoms with van der Waals surface area (Å²) in [4.78, 5) is 0. The Hall–Kier alpha value is -0.170. The maximum atomic E-state index is 12.4. The van der Waals surface area contributed by atoms with Gasteiger partial charge in [-0.3, -0.25) is 0 Å². The van der Waals surface area contributed by atoms with Crippen LogP contribution in [0.4, 0.5) is 0 Å². The predicted molar refractivity (Wildman–Crippen MR) is 74.4 cm³/mol. The SMILES string of the molecule is CCCCN(C)S(=O)(=O)N(C)C1CCCC1CN. The lowest BCUT2D eigenvalue weighted by Crippen LogP contribution is -2.47. The molecule has 1 aliphatic carbocycles. The Morgan fingerprint density at radius 1 is 1.28 bits per heavy atom. The van der Waals surface area contributed by atoms with Crippen molar-refractivity contribution in [3.8, 4) is 0 Å². The lowest BCUT2D eigenvalue weighted by atomic mass is 10.0. The van der Waals surface area contributed by atoms with Gasteiger partial charge in [0.15, 0.2) is 0 Å². The fraction of sp³-hybridized carbons (Fsp3) is 1.00. The molecule has 18 heavy (non-hydrogen) atoms. The molecule has 0 aromatic rings. The molecule has 0 saturated heterocycles. The molecule has 0 amide bonds. The molecular formula is C12H27N3O2S. The smallest absolute Gasteiger partial charge is 0.281 e. The van der Waals surface area contributed by atoms with Crippen molar-refractivity contribution in [1.29, 1.82) is 0 Å². The van der Waals surface area contributed by atoms with Gasteiger partial charge in [0.05, 0.1) is 0 Å². The Bertz CT molecular complexity index is 345. The molecule has 0 radical (unpaired) electrons. The quantitative estimate of drug-likeness (QED) is 0.755. The molecule has 6 heteroatoms. The first-order valence-electron chi connectivity index (χ1n) is 6.84. The summed E-state index contributed by atoms with van der Waals surface area (Å²) < 4.78 is 27.8. The molecule has 0 aliphatic heterocycles. The van der Waals surface area contributed by atoms with Gasteiger partial charge in [0.1, 0.15) is 0 Å². The van der Waals surface area contributed by atoms with Crippen LogP contribution in [0.1, 0.15) is 39.0 Å². The van der Waals surface area contributed by atoms with E-state index in [-0.39, 0.29) is 6.04 Å². The van der Waals surface area contributed by atoms with Gasteiger partial charge in [-0.15, -0.1) is 0 Å². The van der Waals surface area contributed by atoms with Gasteiger partial charge < -0.3 is 5.73 Å². The van der Waals surface area contributed by atoms with Crippen molar-refractivity contribution in [3.05, 3.63) is 0 Å². The third-order valence-corrected chi connectivity index (χ3v) is 5.94. The number of unbranched alkanes of at least 4 members (excludes halogenated alkanes) is 1. The number of nitrogens with zero attached hydrogens (tertiary/aromatic N) is 2. The monoisotopic (exact) mass is 277 g/mol. The molecule has 2 unspecified atom stereocenters. The van der Waals surface area contributed by atoms with Crippen LogP contribution in [0, 0.1) is 5.92 Å². The molecule has 1 fully saturated rings. The van der Waals surface area contributed by atoms with Gasteiger partial charge >= 0.3 is 0 Å². The van der Waals surface area contributed by atoms with Crippen molar-refractivity contribution in [2.45, 2.75) is 45.1 Å². The van der Waals surface area contributed by atoms with E-state index in [0.29, 0.717) is 19.0 Å². The Labute approximate surface area is 112 Å². The van der Waals surface area contributed by atoms with E-state index in [1.165, 1.54) is 8.61 Å². The molecule has 0 aromatic carbocycles. The van der Waals surface area contributed by atoms with E-state index in [1.807, 2.05) is 0 Å². The topological polar surface area (TPSA) is 66.6 Å². The minimum Gasteiger partial charge on any atom is -0.330 e. The lowest BCUT2D eigenvalue weighted by Gasteiger charge is -2.31. The highest BCUT2D eigenvalue weighted by molar-refractivity contribution is 7.86. The first kappa shape index (κ1) is 15.9. The average molecular weight is 277 g/mol. The molecule has 0 spiro atoms. The third-order valence-electron chi connectivity index (χ3n) is 3.97. The second-order valence-corrected chi connectivity index (χ2v) is 7.29. The van der Waals surface area contributed by atoms with Crippen LogP contribution in [0.15, 0.2) is 0 Å². The maximum absolute atomic E-state index is 12.4. The van der Waals surface area contributed by atoms with Crippen molar-refractivity contribution in [2.24, 2.45) is 11.7 Å². The molecular weight excluding hydrogens is 250 g/mol. The van der Waals surface area contributed by atoms with Gasteiger partial charge in [-0.25, -0.2) is 0 Å². The largest absolute Gasteiger partial charge is 0.330 e. The van der Waals surface area contributed by atoms with Crippen LogP contribution >= 0.6 is 0 Å². The van der Waals surface area contributed by atoms with E-state index in [9.17, 15) is 8.42 Å². The van der Waals surface area contributed by atoms with Crippen molar-refractivity contribution in [2.75, 3.05) is 27.2 Å². The zero-order chi connectivity index (χ0) is 13.8. The first-order valence-corrected chi connectivity index (χ1v) is 8.24. The normalized spacial score (nSPS) is 25.2. The molecule has 108 valence electrons. The summed E-state index contributed by atoms with van der Waals surface area (Å²) >= 11 is 0. The first-order chi connectivity index (χ1) is 8.45. The second kappa shape index (κ2) is 6.84. The fourth-order valence-corrected chi connectivity index (χ4v) is 4.08. The molecule has 0 bridgehead atoms. The van der Waals surface area contributed by atoms with Gasteiger partial charge in [-0.2, -0.15) is 17.0 Å². The predicted octanol–water partition coefficient (Wildman–Crippen LogP) is 1.02. The second-order valence-electron chi connectivity index (χ2n) is 5.19. The molecule has 0 heterocycles. The Morgan fingerprint density at radius 3 is 2.50 bits per heavy atom. The molecule has 1 aliphatic rings. The molecule has 2 N–H and O–H groups in total. The van der Waals surface area contributed by atoms with Crippen LogP contribution in [-0.4, -0.2) is 50.3 Å². The summed E-state index contributed by atoms with van der Waals surface area (Å²) in [6, 6.07) is 0.0732. The summed E-state index contributed by atoms with van der Waals surface area (Å²) in [6.45, 7) is 3.22. The minimum atomic E-state index is -3.33. The van der Waals surface area contributed by atoms with E-state index < -0.39 is 10.2 Å². The van der Waals surface area contributed by atoms with E-state index in [1.54, 1.807) is 14.1 Å². The molecule has 2 atom stereocenters. The average Bonchev–Trinajstić information content (AvgIpc) is 2.82. The maximum Gasteiger partial charge on any atom is 0.281 e. The number of rotatable bonds is 7. The van der Waals surface area contributed by atoms with Gasteiger partial charge in [0.2, 0.25) is 0 Å². The Morgan fingerprint density at radius 2 is 1.94 bits per heavy atom. The highest BCUT2D eigenvalue weighted by atomic mass is 32.2. The summed E-state index contributed by atoms with van der Waals surface area (Å²) in [6.07, 6.45) is 4.94. The molecule has 1 saturated carbocycles. The van der Waals surface area contributed by atoms with Crippen LogP contribution in [0.2, 0.25) is 0 Å². The zero-order valence-corrected chi connectivity index (χ0v) is 12.6. The van der Waals surface area contributed by atoms with Crippen molar-refractivity contribution in [1.82, 2.24) is 8.61 Å². The van der Waals surface area contributed by atoms with Crippen LogP contribution < -0.4 is 5.73 Å². The summed E-state index contributed by atoms with van der Waals surface area (Å²) in [7, 11) is 0.0250. The van der Waals surface area contributed by atoms with Crippen molar-refractivity contribution in [3.63, 3.8) is 0 Å². The number of nitrogens with two attached hydrogens (primary N) is 1. The molecule has 1 rings (SSSR count). The summed E-state index contributed by atoms with van der Waals surface area (Å²) in [5, 5.41) is 0. The third kappa shape index (κ3) is 3.44. The number of hydrogen-bond donors (Lipinski definition) is 1. The molecule has 0 aromatic heterocycles. The van der Waals surface area contributed by atoms with Crippen LogP contribution in [-0.2, 0) is 10.2 Å². The van der Waals surface area contributed by atoms with Gasteiger partial charge in [0, 0.05) is 26.7 Å². The Balaban J connectivity index is 2.71. The lowest BCUT2D eigenvalue weighted by molar-refractivity contribution is 0.282. The van der Waals surface area contributed by atoms with E-state index in [4.69, 9.17) is 5.73 Å². The van der Waals surface area contributed by atoms with E-state index >= 15 is 0 Å². The Kier molecular flexibility index (Phi) is 6.04. The van der Waals surface area contributed by atoms with E-state index in [2.05, 4.69) is 6.92 Å². The van der Waals surface area contributed by atoms with Crippen molar-refractivity contribution >= 4 is 10.2 Å². The van der Waals surface area contributed by atoms with Gasteiger partial charge in [-0.05, 0) is 31.7 Å². The van der Waals surface area contributed by atoms with Crippen molar-refractivity contribution < 1.29 is 8.42 Å². The van der Waals surface area contributed by atoms with Gasteiger partial charge in [0.25, 0.3) is 10.2 Å². The summed E-state index contributed by atoms with van der Waals surface area (Å²) in [5.74, 6) is 0.310.